The van der Waals surface area contributed by atoms with Gasteiger partial charge in [-0.3, -0.25) is 0 Å². The van der Waals surface area contributed by atoms with E-state index in [0.29, 0.717) is 6.04 Å². The van der Waals surface area contributed by atoms with E-state index < -0.39 is 0 Å². The first-order valence-electron chi connectivity index (χ1n) is 5.48. The summed E-state index contributed by atoms with van der Waals surface area (Å²) in [6.45, 7) is 2.07. The van der Waals surface area contributed by atoms with Gasteiger partial charge in [-0.15, -0.1) is 0 Å². The molecule has 78 valence electrons. The van der Waals surface area contributed by atoms with E-state index in [-0.39, 0.29) is 0 Å². The van der Waals surface area contributed by atoms with Gasteiger partial charge in [0, 0.05) is 13.1 Å². The summed E-state index contributed by atoms with van der Waals surface area (Å²) in [7, 11) is 0. The van der Waals surface area contributed by atoms with E-state index in [1.807, 2.05) is 0 Å². The molecule has 2 aliphatic heterocycles. The summed E-state index contributed by atoms with van der Waals surface area (Å²) < 4.78 is 0. The molecule has 0 bridgehead atoms. The highest BCUT2D eigenvalue weighted by Gasteiger charge is 2.30. The summed E-state index contributed by atoms with van der Waals surface area (Å²) >= 11 is 5.35. The minimum absolute atomic E-state index is 0.517. The molecule has 0 aromatic heterocycles. The number of fused-ring (bicyclic) bond motifs is 3. The molecule has 0 amide bonds. The lowest BCUT2D eigenvalue weighted by molar-refractivity contribution is 0.258. The van der Waals surface area contributed by atoms with Crippen LogP contribution < -0.4 is 5.32 Å². The zero-order chi connectivity index (χ0) is 10.3. The molecular formula is C12H14N2S. The third-order valence-corrected chi connectivity index (χ3v) is 3.75. The Labute approximate surface area is 95.3 Å². The molecule has 1 atom stereocenters. The van der Waals surface area contributed by atoms with Gasteiger partial charge in [0.25, 0.3) is 0 Å². The lowest BCUT2D eigenvalue weighted by Crippen LogP contribution is -2.50. The lowest BCUT2D eigenvalue weighted by Gasteiger charge is -2.42. The largest absolute Gasteiger partial charge is 0.362 e. The second-order valence-corrected chi connectivity index (χ2v) is 4.57. The van der Waals surface area contributed by atoms with Crippen molar-refractivity contribution in [3.8, 4) is 0 Å². The SMILES string of the molecule is S=C1NCCC2c3ccccc3CCN12. The Balaban J connectivity index is 2.02. The predicted molar refractivity (Wildman–Crippen MR) is 64.8 cm³/mol. The molecule has 15 heavy (non-hydrogen) atoms. The molecule has 0 spiro atoms. The Morgan fingerprint density at radius 3 is 3.13 bits per heavy atom. The number of hydrogen-bond donors (Lipinski definition) is 1. The maximum absolute atomic E-state index is 5.35. The molecule has 0 radical (unpaired) electrons. The third-order valence-electron chi connectivity index (χ3n) is 3.37. The third kappa shape index (κ3) is 1.42. The minimum atomic E-state index is 0.517. The molecule has 1 saturated heterocycles. The van der Waals surface area contributed by atoms with Crippen LogP contribution in [0, 0.1) is 0 Å². The summed E-state index contributed by atoms with van der Waals surface area (Å²) in [5, 5.41) is 4.20. The van der Waals surface area contributed by atoms with Crippen molar-refractivity contribution in [1.29, 1.82) is 0 Å². The van der Waals surface area contributed by atoms with Crippen molar-refractivity contribution in [2.45, 2.75) is 18.9 Å². The maximum atomic E-state index is 5.35. The van der Waals surface area contributed by atoms with Gasteiger partial charge in [-0.05, 0) is 36.2 Å². The van der Waals surface area contributed by atoms with Crippen molar-refractivity contribution in [3.63, 3.8) is 0 Å². The van der Waals surface area contributed by atoms with Crippen molar-refractivity contribution in [2.75, 3.05) is 13.1 Å². The van der Waals surface area contributed by atoms with Crippen LogP contribution >= 0.6 is 12.2 Å². The highest BCUT2D eigenvalue weighted by Crippen LogP contribution is 2.33. The predicted octanol–water partition coefficient (Wildman–Crippen LogP) is 1.86. The van der Waals surface area contributed by atoms with Crippen LogP contribution in [0.3, 0.4) is 0 Å². The van der Waals surface area contributed by atoms with E-state index in [1.54, 1.807) is 0 Å². The van der Waals surface area contributed by atoms with Crippen LogP contribution in [0.15, 0.2) is 24.3 Å². The van der Waals surface area contributed by atoms with Gasteiger partial charge in [0.2, 0.25) is 0 Å². The van der Waals surface area contributed by atoms with E-state index in [9.17, 15) is 0 Å². The van der Waals surface area contributed by atoms with Crippen LogP contribution in [0.4, 0.5) is 0 Å². The summed E-state index contributed by atoms with van der Waals surface area (Å²) in [4.78, 5) is 2.33. The van der Waals surface area contributed by atoms with E-state index in [0.717, 1.165) is 31.0 Å². The number of benzene rings is 1. The number of nitrogens with one attached hydrogen (secondary N) is 1. The van der Waals surface area contributed by atoms with Gasteiger partial charge in [-0.1, -0.05) is 24.3 Å². The average Bonchev–Trinajstić information content (AvgIpc) is 2.29. The van der Waals surface area contributed by atoms with Crippen molar-refractivity contribution in [1.82, 2.24) is 10.2 Å². The Morgan fingerprint density at radius 2 is 2.20 bits per heavy atom. The molecule has 0 aliphatic carbocycles. The average molecular weight is 218 g/mol. The van der Waals surface area contributed by atoms with Crippen LogP contribution in [0.25, 0.3) is 0 Å². The first-order valence-corrected chi connectivity index (χ1v) is 5.89. The summed E-state index contributed by atoms with van der Waals surface area (Å²) in [5.74, 6) is 0. The first-order chi connectivity index (χ1) is 7.36. The zero-order valence-corrected chi connectivity index (χ0v) is 9.39. The zero-order valence-electron chi connectivity index (χ0n) is 8.57. The van der Waals surface area contributed by atoms with Gasteiger partial charge in [-0.2, -0.15) is 0 Å². The molecule has 3 rings (SSSR count). The highest BCUT2D eigenvalue weighted by molar-refractivity contribution is 7.80. The van der Waals surface area contributed by atoms with Gasteiger partial charge < -0.3 is 10.2 Å². The molecule has 3 heteroatoms. The van der Waals surface area contributed by atoms with Crippen molar-refractivity contribution in [2.24, 2.45) is 0 Å². The monoisotopic (exact) mass is 218 g/mol. The van der Waals surface area contributed by atoms with Crippen LogP contribution in [0.1, 0.15) is 23.6 Å². The fourth-order valence-corrected chi connectivity index (χ4v) is 2.94. The summed E-state index contributed by atoms with van der Waals surface area (Å²) in [6, 6.07) is 9.28. The van der Waals surface area contributed by atoms with Crippen molar-refractivity contribution >= 4 is 17.3 Å². The molecule has 1 N–H and O–H groups in total. The Morgan fingerprint density at radius 1 is 1.33 bits per heavy atom. The molecule has 1 unspecified atom stereocenters. The molecule has 2 heterocycles. The van der Waals surface area contributed by atoms with Gasteiger partial charge in [0.05, 0.1) is 6.04 Å². The van der Waals surface area contributed by atoms with Crippen molar-refractivity contribution in [3.05, 3.63) is 35.4 Å². The molecule has 1 aromatic carbocycles. The normalized spacial score (nSPS) is 24.1. The quantitative estimate of drug-likeness (QED) is 0.669. The topological polar surface area (TPSA) is 15.3 Å². The van der Waals surface area contributed by atoms with Gasteiger partial charge >= 0.3 is 0 Å². The van der Waals surface area contributed by atoms with Crippen LogP contribution in [0.2, 0.25) is 0 Å². The summed E-state index contributed by atoms with van der Waals surface area (Å²) in [5.41, 5.74) is 2.98. The number of thiocarbonyl (C=S) groups is 1. The van der Waals surface area contributed by atoms with Gasteiger partial charge in [-0.25, -0.2) is 0 Å². The number of nitrogens with zero attached hydrogens (tertiary/aromatic N) is 1. The Kier molecular flexibility index (Phi) is 2.13. The van der Waals surface area contributed by atoms with Crippen molar-refractivity contribution < 1.29 is 0 Å². The smallest absolute Gasteiger partial charge is 0.169 e. The van der Waals surface area contributed by atoms with Gasteiger partial charge in [0.15, 0.2) is 5.11 Å². The van der Waals surface area contributed by atoms with Crippen LogP contribution in [-0.2, 0) is 6.42 Å². The molecule has 0 saturated carbocycles. The standard InChI is InChI=1S/C12H14N2S/c15-12-13-7-5-11-10-4-2-1-3-9(10)6-8-14(11)12/h1-4,11H,5-8H2,(H,13,15). The molecule has 2 aliphatic rings. The van der Waals surface area contributed by atoms with Crippen LogP contribution in [-0.4, -0.2) is 23.1 Å². The maximum Gasteiger partial charge on any atom is 0.169 e. The fourth-order valence-electron chi connectivity index (χ4n) is 2.62. The Hall–Kier alpha value is -1.09. The minimum Gasteiger partial charge on any atom is -0.362 e. The summed E-state index contributed by atoms with van der Waals surface area (Å²) in [6.07, 6.45) is 2.28. The van der Waals surface area contributed by atoms with E-state index in [2.05, 4.69) is 34.5 Å². The van der Waals surface area contributed by atoms with E-state index in [4.69, 9.17) is 12.2 Å². The van der Waals surface area contributed by atoms with E-state index >= 15 is 0 Å². The number of hydrogen-bond acceptors (Lipinski definition) is 1. The fraction of sp³-hybridized carbons (Fsp3) is 0.417. The molecule has 2 nitrogen and oxygen atoms in total. The molecule has 1 aromatic rings. The van der Waals surface area contributed by atoms with Gasteiger partial charge in [0.1, 0.15) is 0 Å². The second-order valence-electron chi connectivity index (χ2n) is 4.18. The Bertz CT molecular complexity index is 402. The molecule has 1 fully saturated rings. The van der Waals surface area contributed by atoms with Crippen LogP contribution in [0.5, 0.6) is 0 Å². The molecular weight excluding hydrogens is 204 g/mol. The lowest BCUT2D eigenvalue weighted by atomic mass is 9.90. The van der Waals surface area contributed by atoms with E-state index in [1.165, 1.54) is 11.1 Å². The second kappa shape index (κ2) is 3.49. The number of rotatable bonds is 0. The highest BCUT2D eigenvalue weighted by atomic mass is 32.1. The first kappa shape index (κ1) is 9.16.